The molecule has 0 atom stereocenters. The van der Waals surface area contributed by atoms with Gasteiger partial charge in [0.2, 0.25) is 0 Å². The Bertz CT molecular complexity index is 471. The van der Waals surface area contributed by atoms with Crippen LogP contribution in [0.25, 0.3) is 0 Å². The van der Waals surface area contributed by atoms with E-state index >= 15 is 0 Å². The van der Waals surface area contributed by atoms with Crippen LogP contribution in [0.3, 0.4) is 0 Å². The van der Waals surface area contributed by atoms with Crippen molar-refractivity contribution in [3.63, 3.8) is 0 Å². The Morgan fingerprint density at radius 3 is 1.68 bits per heavy atom. The van der Waals surface area contributed by atoms with E-state index in [9.17, 15) is 13.2 Å². The van der Waals surface area contributed by atoms with E-state index in [0.29, 0.717) is 16.6 Å². The first-order chi connectivity index (χ1) is 7.95. The van der Waals surface area contributed by atoms with Gasteiger partial charge >= 0.3 is 5.51 Å². The molecule has 0 heterocycles. The molecule has 4 nitrogen and oxygen atoms in total. The number of alkyl halides is 3. The standard InChI is InChI=1S/C8H10OS.CHF3O3S.Na/c1-10(2)8-5-3-7(9)4-6-8;2-1(3,4)8(5,6)7;/h3-6H,1-2H3;(H,5,6,7);. The van der Waals surface area contributed by atoms with Gasteiger partial charge in [-0.3, -0.25) is 0 Å². The van der Waals surface area contributed by atoms with E-state index < -0.39 is 15.6 Å². The molecule has 0 spiro atoms. The first kappa shape index (κ1) is 21.4. The molecule has 0 amide bonds. The van der Waals surface area contributed by atoms with Crippen LogP contribution in [0, 0.1) is 0 Å². The summed E-state index contributed by atoms with van der Waals surface area (Å²) in [7, 11) is -5.79. The fourth-order valence-corrected chi connectivity index (χ4v) is 1.40. The second-order valence-electron chi connectivity index (χ2n) is 3.21. The second kappa shape index (κ2) is 8.38. The van der Waals surface area contributed by atoms with Crippen LogP contribution in [0.4, 0.5) is 13.2 Å². The summed E-state index contributed by atoms with van der Waals surface area (Å²) in [5.41, 5.74) is -5.65. The average molecular weight is 327 g/mol. The predicted molar refractivity (Wildman–Crippen MR) is 67.1 cm³/mol. The minimum atomic E-state index is -6.09. The molecule has 0 aliphatic carbocycles. The van der Waals surface area contributed by atoms with Crippen LogP contribution in [-0.2, 0) is 21.0 Å². The smallest absolute Gasteiger partial charge is 0.485 e. The zero-order chi connectivity index (χ0) is 14.6. The van der Waals surface area contributed by atoms with Crippen LogP contribution >= 0.6 is 0 Å². The molecule has 0 saturated carbocycles. The number of benzene rings is 1. The normalized spacial score (nSPS) is 11.3. The summed E-state index contributed by atoms with van der Waals surface area (Å²) in [5, 5.41) is 8.94. The van der Waals surface area contributed by atoms with Crippen LogP contribution in [0.5, 0.6) is 5.75 Å². The number of hydrogen-bond donors (Lipinski definition) is 1. The number of phenolic OH excluding ortho intramolecular Hbond substituents is 1. The Hall–Kier alpha value is 0.0700. The fourth-order valence-electron chi connectivity index (χ4n) is 0.718. The first-order valence-electron chi connectivity index (χ1n) is 4.34. The largest absolute Gasteiger partial charge is 0.741 e. The summed E-state index contributed by atoms with van der Waals surface area (Å²) in [4.78, 5) is 1.29. The zero-order valence-electron chi connectivity index (χ0n) is 10.4. The Kier molecular flexibility index (Phi) is 9.42. The zero-order valence-corrected chi connectivity index (χ0v) is 14.1. The van der Waals surface area contributed by atoms with Gasteiger partial charge in [0.1, 0.15) is 18.3 Å². The van der Waals surface area contributed by atoms with Gasteiger partial charge < -0.3 is 9.66 Å². The number of phenols is 1. The molecule has 0 aromatic heterocycles. The molecule has 1 aromatic carbocycles. The van der Waals surface area contributed by atoms with Gasteiger partial charge in [-0.2, -0.15) is 13.2 Å². The van der Waals surface area contributed by atoms with Gasteiger partial charge in [-0.25, -0.2) is 8.42 Å². The Morgan fingerprint density at radius 1 is 1.16 bits per heavy atom. The molecule has 0 aliphatic rings. The van der Waals surface area contributed by atoms with Gasteiger partial charge in [-0.05, 0) is 24.3 Å². The van der Waals surface area contributed by atoms with E-state index in [0.717, 1.165) is 0 Å². The molecule has 1 N–H and O–H groups in total. The second-order valence-corrected chi connectivity index (χ2v) is 6.69. The van der Waals surface area contributed by atoms with Crippen LogP contribution in [0.15, 0.2) is 29.2 Å². The van der Waals surface area contributed by atoms with E-state index in [1.807, 2.05) is 12.1 Å². The molecular formula is C9H11F3NaO4S2. The van der Waals surface area contributed by atoms with Crippen molar-refractivity contribution in [2.24, 2.45) is 0 Å². The molecular weight excluding hydrogens is 316 g/mol. The van der Waals surface area contributed by atoms with Crippen LogP contribution in [0.2, 0.25) is 0 Å². The summed E-state index contributed by atoms with van der Waals surface area (Å²) in [6, 6.07) is 7.36. The number of halogens is 3. The fraction of sp³-hybridized carbons (Fsp3) is 0.333. The molecule has 0 bridgehead atoms. The van der Waals surface area contributed by atoms with Gasteiger partial charge in [0, 0.05) is 40.5 Å². The summed E-state index contributed by atoms with van der Waals surface area (Å²) in [6.07, 6.45) is 4.32. The molecule has 10 heteroatoms. The topological polar surface area (TPSA) is 77.4 Å². The van der Waals surface area contributed by atoms with E-state index in [1.165, 1.54) is 4.90 Å². The van der Waals surface area contributed by atoms with Crippen molar-refractivity contribution in [2.45, 2.75) is 10.4 Å². The maximum Gasteiger partial charge on any atom is 0.485 e. The third kappa shape index (κ3) is 8.77. The monoisotopic (exact) mass is 327 g/mol. The number of rotatable bonds is 1. The molecule has 0 unspecified atom stereocenters. The first-order valence-corrected chi connectivity index (χ1v) is 7.79. The third-order valence-electron chi connectivity index (χ3n) is 1.59. The minimum absolute atomic E-state index is 0. The van der Waals surface area contributed by atoms with Crippen molar-refractivity contribution in [3.8, 4) is 5.75 Å². The van der Waals surface area contributed by atoms with Crippen LogP contribution in [0.1, 0.15) is 0 Å². The van der Waals surface area contributed by atoms with Crippen molar-refractivity contribution in [3.05, 3.63) is 24.3 Å². The number of aromatic hydroxyl groups is 1. The van der Waals surface area contributed by atoms with E-state index in [4.69, 9.17) is 18.1 Å². The Labute approximate surface area is 134 Å². The average Bonchev–Trinajstić information content (AvgIpc) is 2.16. The van der Waals surface area contributed by atoms with Gasteiger partial charge in [0.15, 0.2) is 15.0 Å². The van der Waals surface area contributed by atoms with Crippen LogP contribution < -0.4 is 0 Å². The van der Waals surface area contributed by atoms with Crippen molar-refractivity contribution in [1.82, 2.24) is 0 Å². The van der Waals surface area contributed by atoms with Crippen molar-refractivity contribution in [2.75, 3.05) is 12.5 Å². The van der Waals surface area contributed by atoms with Gasteiger partial charge in [0.25, 0.3) is 0 Å². The third-order valence-corrected chi connectivity index (χ3v) is 3.37. The number of hydrogen-bond acceptors (Lipinski definition) is 4. The molecule has 1 rings (SSSR count). The molecule has 105 valence electrons. The van der Waals surface area contributed by atoms with Crippen molar-refractivity contribution >= 4 is 50.6 Å². The van der Waals surface area contributed by atoms with Gasteiger partial charge in [-0.1, -0.05) is 0 Å². The van der Waals surface area contributed by atoms with E-state index in [1.54, 1.807) is 12.1 Å². The summed E-state index contributed by atoms with van der Waals surface area (Å²) < 4.78 is 58.9. The van der Waals surface area contributed by atoms with Gasteiger partial charge in [0.05, 0.1) is 0 Å². The molecule has 0 saturated heterocycles. The van der Waals surface area contributed by atoms with Gasteiger partial charge in [-0.15, -0.1) is 0 Å². The Balaban J connectivity index is 0. The molecule has 1 radical (unpaired) electrons. The predicted octanol–water partition coefficient (Wildman–Crippen LogP) is 1.30. The van der Waals surface area contributed by atoms with Crippen LogP contribution in [-0.4, -0.2) is 65.7 Å². The molecule has 1 aromatic rings. The summed E-state index contributed by atoms with van der Waals surface area (Å²) in [5.74, 6) is 0.342. The quantitative estimate of drug-likeness (QED) is 0.365. The van der Waals surface area contributed by atoms with Crippen molar-refractivity contribution < 1.29 is 31.2 Å². The molecule has 0 aliphatic heterocycles. The molecule has 0 fully saturated rings. The van der Waals surface area contributed by atoms with E-state index in [-0.39, 0.29) is 29.6 Å². The minimum Gasteiger partial charge on any atom is -0.741 e. The summed E-state index contributed by atoms with van der Waals surface area (Å²) >= 11 is 0. The maximum absolute atomic E-state index is 10.7. The molecule has 19 heavy (non-hydrogen) atoms. The van der Waals surface area contributed by atoms with E-state index in [2.05, 4.69) is 12.5 Å². The maximum atomic E-state index is 10.7. The Morgan fingerprint density at radius 2 is 1.47 bits per heavy atom. The summed E-state index contributed by atoms with van der Waals surface area (Å²) in [6.45, 7) is 0. The SMILES string of the molecule is C[S+](C)c1ccc(O)cc1.O=S(=O)([O-])C(F)(F)F.[Na]. The van der Waals surface area contributed by atoms with Crippen molar-refractivity contribution in [1.29, 1.82) is 0 Å².